The molecular weight excluding hydrogens is 299 g/mol. The van der Waals surface area contributed by atoms with Crippen molar-refractivity contribution in [3.05, 3.63) is 28.2 Å². The van der Waals surface area contributed by atoms with E-state index in [0.717, 1.165) is 19.4 Å². The SMILES string of the molecule is CC(Oc1ccc(Cl)c(Cl)c1)C(=O)N1CCCC1CN. The Bertz CT molecular complexity index is 496. The van der Waals surface area contributed by atoms with Crippen LogP contribution in [0.25, 0.3) is 0 Å². The first-order valence-electron chi connectivity index (χ1n) is 6.65. The van der Waals surface area contributed by atoms with Crippen molar-refractivity contribution in [3.8, 4) is 5.75 Å². The lowest BCUT2D eigenvalue weighted by atomic mass is 10.2. The largest absolute Gasteiger partial charge is 0.481 e. The zero-order chi connectivity index (χ0) is 14.7. The predicted octanol–water partition coefficient (Wildman–Crippen LogP) is 2.71. The minimum atomic E-state index is -0.570. The maximum absolute atomic E-state index is 12.4. The monoisotopic (exact) mass is 316 g/mol. The number of halogens is 2. The molecule has 0 aromatic heterocycles. The van der Waals surface area contributed by atoms with E-state index < -0.39 is 6.10 Å². The molecule has 20 heavy (non-hydrogen) atoms. The van der Waals surface area contributed by atoms with E-state index in [2.05, 4.69) is 0 Å². The van der Waals surface area contributed by atoms with Gasteiger partial charge in [0.05, 0.1) is 10.0 Å². The Morgan fingerprint density at radius 1 is 1.50 bits per heavy atom. The van der Waals surface area contributed by atoms with Gasteiger partial charge in [0, 0.05) is 25.2 Å². The van der Waals surface area contributed by atoms with Crippen LogP contribution in [0.1, 0.15) is 19.8 Å². The van der Waals surface area contributed by atoms with Crippen molar-refractivity contribution < 1.29 is 9.53 Å². The van der Waals surface area contributed by atoms with Crippen molar-refractivity contribution in [1.29, 1.82) is 0 Å². The Morgan fingerprint density at radius 2 is 2.25 bits per heavy atom. The molecule has 1 aromatic carbocycles. The fourth-order valence-corrected chi connectivity index (χ4v) is 2.70. The van der Waals surface area contributed by atoms with Gasteiger partial charge in [0.15, 0.2) is 6.10 Å². The molecule has 6 heteroatoms. The summed E-state index contributed by atoms with van der Waals surface area (Å²) < 4.78 is 5.64. The number of carbonyl (C=O) groups excluding carboxylic acids is 1. The van der Waals surface area contributed by atoms with Crippen LogP contribution in [-0.2, 0) is 4.79 Å². The van der Waals surface area contributed by atoms with E-state index in [0.29, 0.717) is 22.3 Å². The first-order valence-corrected chi connectivity index (χ1v) is 7.40. The molecule has 0 spiro atoms. The van der Waals surface area contributed by atoms with Gasteiger partial charge in [-0.3, -0.25) is 4.79 Å². The van der Waals surface area contributed by atoms with Crippen LogP contribution in [0.5, 0.6) is 5.75 Å². The van der Waals surface area contributed by atoms with E-state index in [1.165, 1.54) is 0 Å². The molecule has 0 saturated carbocycles. The second kappa shape index (κ2) is 6.66. The lowest BCUT2D eigenvalue weighted by Gasteiger charge is -2.26. The maximum atomic E-state index is 12.4. The van der Waals surface area contributed by atoms with Gasteiger partial charge in [-0.05, 0) is 31.9 Å². The summed E-state index contributed by atoms with van der Waals surface area (Å²) in [6.45, 7) is 2.97. The molecular formula is C14H18Cl2N2O2. The topological polar surface area (TPSA) is 55.6 Å². The van der Waals surface area contributed by atoms with Crippen molar-refractivity contribution in [3.63, 3.8) is 0 Å². The number of nitrogens with two attached hydrogens (primary N) is 1. The Kier molecular flexibility index (Phi) is 5.13. The van der Waals surface area contributed by atoms with Crippen molar-refractivity contribution in [2.75, 3.05) is 13.1 Å². The smallest absolute Gasteiger partial charge is 0.263 e. The number of ether oxygens (including phenoxy) is 1. The van der Waals surface area contributed by atoms with E-state index >= 15 is 0 Å². The van der Waals surface area contributed by atoms with Gasteiger partial charge in [-0.2, -0.15) is 0 Å². The highest BCUT2D eigenvalue weighted by molar-refractivity contribution is 6.42. The molecule has 0 bridgehead atoms. The van der Waals surface area contributed by atoms with Crippen molar-refractivity contribution >= 4 is 29.1 Å². The zero-order valence-electron chi connectivity index (χ0n) is 11.3. The van der Waals surface area contributed by atoms with E-state index in [-0.39, 0.29) is 11.9 Å². The molecule has 4 nitrogen and oxygen atoms in total. The third kappa shape index (κ3) is 3.37. The number of amides is 1. The average Bonchev–Trinajstić information content (AvgIpc) is 2.90. The second-order valence-electron chi connectivity index (χ2n) is 4.90. The van der Waals surface area contributed by atoms with E-state index in [9.17, 15) is 4.79 Å². The Hall–Kier alpha value is -0.970. The minimum Gasteiger partial charge on any atom is -0.481 e. The Balaban J connectivity index is 2.02. The van der Waals surface area contributed by atoms with Crippen molar-refractivity contribution in [1.82, 2.24) is 4.90 Å². The summed E-state index contributed by atoms with van der Waals surface area (Å²) in [7, 11) is 0. The van der Waals surface area contributed by atoms with Crippen LogP contribution in [0.15, 0.2) is 18.2 Å². The van der Waals surface area contributed by atoms with Crippen LogP contribution in [0.3, 0.4) is 0 Å². The zero-order valence-corrected chi connectivity index (χ0v) is 12.8. The van der Waals surface area contributed by atoms with Crippen molar-refractivity contribution in [2.24, 2.45) is 5.73 Å². The molecule has 110 valence electrons. The van der Waals surface area contributed by atoms with Gasteiger partial charge in [-0.15, -0.1) is 0 Å². The summed E-state index contributed by atoms with van der Waals surface area (Å²) >= 11 is 11.8. The molecule has 1 saturated heterocycles. The molecule has 2 unspecified atom stereocenters. The third-order valence-electron chi connectivity index (χ3n) is 3.48. The van der Waals surface area contributed by atoms with E-state index in [1.807, 2.05) is 4.90 Å². The Morgan fingerprint density at radius 3 is 2.90 bits per heavy atom. The van der Waals surface area contributed by atoms with Gasteiger partial charge in [0.2, 0.25) is 0 Å². The van der Waals surface area contributed by atoms with Gasteiger partial charge < -0.3 is 15.4 Å². The minimum absolute atomic E-state index is 0.0379. The van der Waals surface area contributed by atoms with Crippen LogP contribution in [0, 0.1) is 0 Å². The number of hydrogen-bond donors (Lipinski definition) is 1. The van der Waals surface area contributed by atoms with Crippen molar-refractivity contribution in [2.45, 2.75) is 31.9 Å². The quantitative estimate of drug-likeness (QED) is 0.929. The summed E-state index contributed by atoms with van der Waals surface area (Å²) in [4.78, 5) is 14.2. The normalized spacial score (nSPS) is 20.0. The van der Waals surface area contributed by atoms with Crippen LogP contribution in [0.4, 0.5) is 0 Å². The fraction of sp³-hybridized carbons (Fsp3) is 0.500. The highest BCUT2D eigenvalue weighted by Gasteiger charge is 2.31. The van der Waals surface area contributed by atoms with Crippen LogP contribution < -0.4 is 10.5 Å². The second-order valence-corrected chi connectivity index (χ2v) is 5.71. The molecule has 0 radical (unpaired) electrons. The summed E-state index contributed by atoms with van der Waals surface area (Å²) in [5.74, 6) is 0.493. The summed E-state index contributed by atoms with van der Waals surface area (Å²) in [6, 6.07) is 5.08. The lowest BCUT2D eigenvalue weighted by molar-refractivity contribution is -0.138. The molecule has 1 fully saturated rings. The van der Waals surface area contributed by atoms with Gasteiger partial charge in [-0.1, -0.05) is 23.2 Å². The molecule has 1 aliphatic heterocycles. The number of likely N-dealkylation sites (tertiary alicyclic amines) is 1. The number of carbonyl (C=O) groups is 1. The maximum Gasteiger partial charge on any atom is 0.263 e. The molecule has 1 amide bonds. The fourth-order valence-electron chi connectivity index (χ4n) is 2.41. The number of benzene rings is 1. The molecule has 1 aliphatic rings. The van der Waals surface area contributed by atoms with Crippen LogP contribution >= 0.6 is 23.2 Å². The molecule has 1 aromatic rings. The lowest BCUT2D eigenvalue weighted by Crippen LogP contribution is -2.45. The van der Waals surface area contributed by atoms with E-state index in [1.54, 1.807) is 25.1 Å². The standard InChI is InChI=1S/C14H18Cl2N2O2/c1-9(14(19)18-6-2-3-10(18)8-17)20-11-4-5-12(15)13(16)7-11/h4-5,7,9-10H,2-3,6,8,17H2,1H3. The van der Waals surface area contributed by atoms with Gasteiger partial charge in [0.1, 0.15) is 5.75 Å². The molecule has 0 aliphatic carbocycles. The van der Waals surface area contributed by atoms with Gasteiger partial charge in [0.25, 0.3) is 5.91 Å². The number of hydrogen-bond acceptors (Lipinski definition) is 3. The molecule has 1 heterocycles. The van der Waals surface area contributed by atoms with Gasteiger partial charge in [-0.25, -0.2) is 0 Å². The highest BCUT2D eigenvalue weighted by atomic mass is 35.5. The number of rotatable bonds is 4. The van der Waals surface area contributed by atoms with Crippen LogP contribution in [-0.4, -0.2) is 36.0 Å². The first kappa shape index (κ1) is 15.4. The van der Waals surface area contributed by atoms with E-state index in [4.69, 9.17) is 33.7 Å². The Labute approximate surface area is 128 Å². The molecule has 2 rings (SSSR count). The first-order chi connectivity index (χ1) is 9.52. The predicted molar refractivity (Wildman–Crippen MR) is 80.3 cm³/mol. The van der Waals surface area contributed by atoms with Crippen LogP contribution in [0.2, 0.25) is 10.0 Å². The summed E-state index contributed by atoms with van der Waals surface area (Å²) in [5, 5.41) is 0.866. The summed E-state index contributed by atoms with van der Waals surface area (Å²) in [5.41, 5.74) is 5.68. The summed E-state index contributed by atoms with van der Waals surface area (Å²) in [6.07, 6.45) is 1.38. The molecule has 2 atom stereocenters. The third-order valence-corrected chi connectivity index (χ3v) is 4.22. The molecule has 2 N–H and O–H groups in total. The highest BCUT2D eigenvalue weighted by Crippen LogP contribution is 2.27. The van der Waals surface area contributed by atoms with Gasteiger partial charge >= 0.3 is 0 Å². The average molecular weight is 317 g/mol. The number of nitrogens with zero attached hydrogens (tertiary/aromatic N) is 1.